The highest BCUT2D eigenvalue weighted by molar-refractivity contribution is 7.89. The van der Waals surface area contributed by atoms with Crippen molar-refractivity contribution < 1.29 is 13.2 Å². The van der Waals surface area contributed by atoms with Gasteiger partial charge in [-0.1, -0.05) is 35.9 Å². The molecule has 128 valence electrons. The molecule has 2 rings (SSSR count). The highest BCUT2D eigenvalue weighted by Crippen LogP contribution is 2.20. The average Bonchev–Trinajstić information content (AvgIpc) is 2.56. The van der Waals surface area contributed by atoms with Gasteiger partial charge in [0.1, 0.15) is 0 Å². The third kappa shape index (κ3) is 3.95. The molecule has 0 bridgehead atoms. The second-order valence-corrected chi connectivity index (χ2v) is 7.73. The van der Waals surface area contributed by atoms with Crippen molar-refractivity contribution >= 4 is 27.5 Å². The van der Waals surface area contributed by atoms with E-state index in [9.17, 15) is 13.2 Å². The van der Waals surface area contributed by atoms with Crippen LogP contribution >= 0.6 is 11.6 Å². The molecule has 2 aromatic rings. The lowest BCUT2D eigenvalue weighted by Gasteiger charge is -2.19. The maximum Gasteiger partial charge on any atom is 0.254 e. The zero-order chi connectivity index (χ0) is 17.9. The van der Waals surface area contributed by atoms with Gasteiger partial charge in [0.25, 0.3) is 5.91 Å². The zero-order valence-corrected chi connectivity index (χ0v) is 15.3. The number of rotatable bonds is 5. The average molecular weight is 367 g/mol. The highest BCUT2D eigenvalue weighted by atomic mass is 35.5. The fourth-order valence-electron chi connectivity index (χ4n) is 2.28. The molecule has 0 aliphatic rings. The predicted octanol–water partition coefficient (Wildman–Crippen LogP) is 2.83. The molecule has 0 aromatic heterocycles. The molecule has 5 nitrogen and oxygen atoms in total. The molecule has 24 heavy (non-hydrogen) atoms. The summed E-state index contributed by atoms with van der Waals surface area (Å²) >= 11 is 6.13. The number of amides is 1. The predicted molar refractivity (Wildman–Crippen MR) is 94.7 cm³/mol. The molecule has 0 atom stereocenters. The Hall–Kier alpha value is -1.89. The summed E-state index contributed by atoms with van der Waals surface area (Å²) < 4.78 is 26.1. The van der Waals surface area contributed by atoms with Crippen molar-refractivity contribution in [2.45, 2.75) is 18.4 Å². The third-order valence-corrected chi connectivity index (χ3v) is 5.51. The first kappa shape index (κ1) is 18.4. The van der Waals surface area contributed by atoms with Crippen LogP contribution in [0.1, 0.15) is 21.5 Å². The summed E-state index contributed by atoms with van der Waals surface area (Å²) in [5.74, 6) is -0.263. The molecule has 0 saturated carbocycles. The second-order valence-electron chi connectivity index (χ2n) is 5.44. The van der Waals surface area contributed by atoms with Gasteiger partial charge in [0.15, 0.2) is 0 Å². The molecule has 7 heteroatoms. The number of halogens is 1. The van der Waals surface area contributed by atoms with Gasteiger partial charge in [-0.05, 0) is 43.3 Å². The molecule has 1 amide bonds. The van der Waals surface area contributed by atoms with Crippen molar-refractivity contribution in [2.75, 3.05) is 14.1 Å². The Kier molecular flexibility index (Phi) is 5.64. The van der Waals surface area contributed by atoms with E-state index in [1.807, 2.05) is 18.2 Å². The van der Waals surface area contributed by atoms with Crippen molar-refractivity contribution in [2.24, 2.45) is 0 Å². The molecule has 0 spiro atoms. The van der Waals surface area contributed by atoms with E-state index >= 15 is 0 Å². The Labute approximate surface area is 147 Å². The summed E-state index contributed by atoms with van der Waals surface area (Å²) in [7, 11) is -0.613. The molecule has 0 heterocycles. The van der Waals surface area contributed by atoms with Crippen LogP contribution in [-0.2, 0) is 16.6 Å². The maximum atomic E-state index is 12.7. The SMILES string of the molecule is CNS(=O)(=O)c1ccc(C)c(C(=O)N(C)Cc2ccccc2Cl)c1. The van der Waals surface area contributed by atoms with Crippen molar-refractivity contribution in [3.05, 3.63) is 64.2 Å². The van der Waals surface area contributed by atoms with Crippen molar-refractivity contribution in [3.8, 4) is 0 Å². The van der Waals surface area contributed by atoms with Gasteiger partial charge in [0.2, 0.25) is 10.0 Å². The van der Waals surface area contributed by atoms with E-state index in [2.05, 4.69) is 4.72 Å². The lowest BCUT2D eigenvalue weighted by atomic mass is 10.1. The van der Waals surface area contributed by atoms with Crippen LogP contribution in [-0.4, -0.2) is 33.3 Å². The molecular formula is C17H19ClN2O3S. The molecule has 1 N–H and O–H groups in total. The van der Waals surface area contributed by atoms with Crippen molar-refractivity contribution in [1.29, 1.82) is 0 Å². The first-order chi connectivity index (χ1) is 11.3. The normalized spacial score (nSPS) is 11.3. The molecule has 0 saturated heterocycles. The second kappa shape index (κ2) is 7.34. The van der Waals surface area contributed by atoms with Crippen LogP contribution in [0.5, 0.6) is 0 Å². The van der Waals surface area contributed by atoms with Gasteiger partial charge in [0.05, 0.1) is 4.90 Å². The number of carbonyl (C=O) groups excluding carboxylic acids is 1. The van der Waals surface area contributed by atoms with E-state index in [4.69, 9.17) is 11.6 Å². The van der Waals surface area contributed by atoms with Crippen LogP contribution in [0.4, 0.5) is 0 Å². The highest BCUT2D eigenvalue weighted by Gasteiger charge is 2.19. The Morgan fingerprint density at radius 3 is 2.50 bits per heavy atom. The Bertz CT molecular complexity index is 866. The lowest BCUT2D eigenvalue weighted by molar-refractivity contribution is 0.0784. The number of sulfonamides is 1. The first-order valence-electron chi connectivity index (χ1n) is 7.29. The Balaban J connectivity index is 2.32. The summed E-state index contributed by atoms with van der Waals surface area (Å²) in [5.41, 5.74) is 1.88. The monoisotopic (exact) mass is 366 g/mol. The van der Waals surface area contributed by atoms with Gasteiger partial charge in [-0.2, -0.15) is 0 Å². The van der Waals surface area contributed by atoms with Crippen LogP contribution in [0, 0.1) is 6.92 Å². The first-order valence-corrected chi connectivity index (χ1v) is 9.15. The summed E-state index contributed by atoms with van der Waals surface area (Å²) in [6.07, 6.45) is 0. The van der Waals surface area contributed by atoms with Crippen LogP contribution < -0.4 is 4.72 Å². The minimum absolute atomic E-state index is 0.0603. The minimum Gasteiger partial charge on any atom is -0.337 e. The van der Waals surface area contributed by atoms with E-state index < -0.39 is 10.0 Å². The molecule has 0 aliphatic carbocycles. The fraction of sp³-hybridized carbons (Fsp3) is 0.235. The van der Waals surface area contributed by atoms with Gasteiger partial charge in [0, 0.05) is 24.2 Å². The van der Waals surface area contributed by atoms with E-state index in [-0.39, 0.29) is 10.8 Å². The summed E-state index contributed by atoms with van der Waals surface area (Å²) in [5, 5.41) is 0.584. The molecular weight excluding hydrogens is 348 g/mol. The third-order valence-electron chi connectivity index (χ3n) is 3.73. The van der Waals surface area contributed by atoms with Crippen molar-refractivity contribution in [1.82, 2.24) is 9.62 Å². The molecule has 0 radical (unpaired) electrons. The van der Waals surface area contributed by atoms with E-state index in [0.717, 1.165) is 5.56 Å². The molecule has 0 aliphatic heterocycles. The van der Waals surface area contributed by atoms with E-state index in [1.54, 1.807) is 26.1 Å². The maximum absolute atomic E-state index is 12.7. The van der Waals surface area contributed by atoms with Crippen LogP contribution in [0.15, 0.2) is 47.4 Å². The van der Waals surface area contributed by atoms with Gasteiger partial charge in [-0.15, -0.1) is 0 Å². The fourth-order valence-corrected chi connectivity index (χ4v) is 3.23. The van der Waals surface area contributed by atoms with Crippen LogP contribution in [0.3, 0.4) is 0 Å². The summed E-state index contributed by atoms with van der Waals surface area (Å²) in [6.45, 7) is 2.10. The number of carbonyl (C=O) groups is 1. The van der Waals surface area contributed by atoms with Crippen LogP contribution in [0.2, 0.25) is 5.02 Å². The standard InChI is InChI=1S/C17H19ClN2O3S/c1-12-8-9-14(24(22,23)19-2)10-15(12)17(21)20(3)11-13-6-4-5-7-16(13)18/h4-10,19H,11H2,1-3H3. The summed E-state index contributed by atoms with van der Waals surface area (Å²) in [6, 6.07) is 11.8. The number of hydrogen-bond donors (Lipinski definition) is 1. The number of aryl methyl sites for hydroxylation is 1. The van der Waals surface area contributed by atoms with E-state index in [0.29, 0.717) is 22.7 Å². The molecule has 0 unspecified atom stereocenters. The number of hydrogen-bond acceptors (Lipinski definition) is 3. The van der Waals surface area contributed by atoms with Gasteiger partial charge in [-0.25, -0.2) is 13.1 Å². The van der Waals surface area contributed by atoms with E-state index in [1.165, 1.54) is 24.1 Å². The topological polar surface area (TPSA) is 66.5 Å². The van der Waals surface area contributed by atoms with Gasteiger partial charge >= 0.3 is 0 Å². The largest absolute Gasteiger partial charge is 0.337 e. The molecule has 0 fully saturated rings. The van der Waals surface area contributed by atoms with Gasteiger partial charge in [-0.3, -0.25) is 4.79 Å². The smallest absolute Gasteiger partial charge is 0.254 e. The van der Waals surface area contributed by atoms with Gasteiger partial charge < -0.3 is 4.90 Å². The van der Waals surface area contributed by atoms with Crippen molar-refractivity contribution in [3.63, 3.8) is 0 Å². The molecule has 2 aromatic carbocycles. The zero-order valence-electron chi connectivity index (χ0n) is 13.7. The summed E-state index contributed by atoms with van der Waals surface area (Å²) in [4.78, 5) is 14.3. The van der Waals surface area contributed by atoms with Crippen LogP contribution in [0.25, 0.3) is 0 Å². The Morgan fingerprint density at radius 2 is 1.88 bits per heavy atom. The quantitative estimate of drug-likeness (QED) is 0.884. The minimum atomic E-state index is -3.60. The lowest BCUT2D eigenvalue weighted by Crippen LogP contribution is -2.27. The number of nitrogens with zero attached hydrogens (tertiary/aromatic N) is 1. The Morgan fingerprint density at radius 1 is 1.21 bits per heavy atom. The number of nitrogens with one attached hydrogen (secondary N) is 1. The number of benzene rings is 2.